The van der Waals surface area contributed by atoms with Gasteiger partial charge in [0, 0.05) is 13.1 Å². The van der Waals surface area contributed by atoms with Gasteiger partial charge in [-0.1, -0.05) is 30.3 Å². The second-order valence-electron chi connectivity index (χ2n) is 6.42. The molecule has 1 aromatic rings. The Bertz CT molecular complexity index is 480. The predicted molar refractivity (Wildman–Crippen MR) is 79.7 cm³/mol. The topological polar surface area (TPSA) is 49.8 Å². The molecule has 2 fully saturated rings. The van der Waals surface area contributed by atoms with Crippen LogP contribution in [0.25, 0.3) is 0 Å². The number of ether oxygens (including phenoxy) is 1. The van der Waals surface area contributed by atoms with Crippen LogP contribution in [0.2, 0.25) is 0 Å². The maximum absolute atomic E-state index is 12.1. The highest BCUT2D eigenvalue weighted by Gasteiger charge is 2.41. The maximum atomic E-state index is 12.1. The van der Waals surface area contributed by atoms with Crippen LogP contribution in [0.3, 0.4) is 0 Å². The van der Waals surface area contributed by atoms with E-state index in [-0.39, 0.29) is 17.6 Å². The summed E-state index contributed by atoms with van der Waals surface area (Å²) in [5, 5.41) is 9.73. The van der Waals surface area contributed by atoms with Crippen molar-refractivity contribution < 1.29 is 14.6 Å². The highest BCUT2D eigenvalue weighted by molar-refractivity contribution is 5.67. The quantitative estimate of drug-likeness (QED) is 0.910. The van der Waals surface area contributed by atoms with Crippen LogP contribution in [-0.2, 0) is 11.3 Å². The SMILES string of the molecule is O=C(OCc1ccccc1)N1CCC2(CCC(O)C2)CC1. The average Bonchev–Trinajstić information content (AvgIpc) is 2.87. The molecule has 1 aromatic carbocycles. The molecular weight excluding hydrogens is 266 g/mol. The number of aliphatic hydroxyl groups excluding tert-OH is 1. The summed E-state index contributed by atoms with van der Waals surface area (Å²) in [6, 6.07) is 9.75. The van der Waals surface area contributed by atoms with Crippen LogP contribution in [0, 0.1) is 5.41 Å². The summed E-state index contributed by atoms with van der Waals surface area (Å²) in [6.07, 6.45) is 4.54. The molecule has 0 bridgehead atoms. The Morgan fingerprint density at radius 1 is 1.24 bits per heavy atom. The van der Waals surface area contributed by atoms with Crippen molar-refractivity contribution in [2.24, 2.45) is 5.41 Å². The third kappa shape index (κ3) is 3.38. The molecule has 1 saturated heterocycles. The molecule has 1 unspecified atom stereocenters. The zero-order chi connectivity index (χ0) is 14.7. The van der Waals surface area contributed by atoms with Crippen molar-refractivity contribution in [3.63, 3.8) is 0 Å². The number of aliphatic hydroxyl groups is 1. The number of nitrogens with zero attached hydrogens (tertiary/aromatic N) is 1. The van der Waals surface area contributed by atoms with Crippen molar-refractivity contribution >= 4 is 6.09 Å². The molecule has 1 aliphatic heterocycles. The number of benzene rings is 1. The van der Waals surface area contributed by atoms with E-state index in [2.05, 4.69) is 0 Å². The first kappa shape index (κ1) is 14.4. The summed E-state index contributed by atoms with van der Waals surface area (Å²) >= 11 is 0. The van der Waals surface area contributed by atoms with Gasteiger partial charge >= 0.3 is 6.09 Å². The third-order valence-corrected chi connectivity index (χ3v) is 4.96. The molecule has 3 rings (SSSR count). The van der Waals surface area contributed by atoms with Crippen LogP contribution in [0.5, 0.6) is 0 Å². The van der Waals surface area contributed by atoms with E-state index in [9.17, 15) is 9.90 Å². The number of carbonyl (C=O) groups is 1. The summed E-state index contributed by atoms with van der Waals surface area (Å²) in [5.74, 6) is 0. The molecule has 1 aliphatic carbocycles. The van der Waals surface area contributed by atoms with Gasteiger partial charge in [-0.2, -0.15) is 0 Å². The molecule has 1 saturated carbocycles. The van der Waals surface area contributed by atoms with Crippen LogP contribution in [0.1, 0.15) is 37.7 Å². The van der Waals surface area contributed by atoms with E-state index in [1.807, 2.05) is 30.3 Å². The van der Waals surface area contributed by atoms with E-state index in [1.54, 1.807) is 4.90 Å². The molecule has 1 atom stereocenters. The van der Waals surface area contributed by atoms with E-state index in [1.165, 1.54) is 0 Å². The Morgan fingerprint density at radius 2 is 1.95 bits per heavy atom. The summed E-state index contributed by atoms with van der Waals surface area (Å²) in [6.45, 7) is 1.83. The van der Waals surface area contributed by atoms with Crippen LogP contribution in [-0.4, -0.2) is 35.3 Å². The lowest BCUT2D eigenvalue weighted by Crippen LogP contribution is -2.42. The standard InChI is InChI=1S/C17H23NO3/c19-15-6-7-17(12-15)8-10-18(11-9-17)16(20)21-13-14-4-2-1-3-5-14/h1-5,15,19H,6-13H2. The van der Waals surface area contributed by atoms with Gasteiger partial charge in [-0.05, 0) is 43.1 Å². The fourth-order valence-electron chi connectivity index (χ4n) is 3.61. The first-order chi connectivity index (χ1) is 10.2. The van der Waals surface area contributed by atoms with Gasteiger partial charge in [-0.25, -0.2) is 4.79 Å². The zero-order valence-corrected chi connectivity index (χ0v) is 12.3. The second-order valence-corrected chi connectivity index (χ2v) is 6.42. The molecule has 0 aromatic heterocycles. The number of rotatable bonds is 2. The molecular formula is C17H23NO3. The van der Waals surface area contributed by atoms with E-state index in [0.717, 1.165) is 50.8 Å². The minimum Gasteiger partial charge on any atom is -0.445 e. The number of piperidine rings is 1. The van der Waals surface area contributed by atoms with Gasteiger partial charge in [-0.3, -0.25) is 0 Å². The fraction of sp³-hybridized carbons (Fsp3) is 0.588. The first-order valence-corrected chi connectivity index (χ1v) is 7.81. The maximum Gasteiger partial charge on any atom is 0.410 e. The number of hydrogen-bond donors (Lipinski definition) is 1. The van der Waals surface area contributed by atoms with Gasteiger partial charge in [0.1, 0.15) is 6.61 Å². The average molecular weight is 289 g/mol. The first-order valence-electron chi connectivity index (χ1n) is 7.81. The Labute approximate surface area is 125 Å². The zero-order valence-electron chi connectivity index (χ0n) is 12.3. The van der Waals surface area contributed by atoms with Gasteiger partial charge in [0.15, 0.2) is 0 Å². The summed E-state index contributed by atoms with van der Waals surface area (Å²) in [4.78, 5) is 13.9. The van der Waals surface area contributed by atoms with Crippen molar-refractivity contribution in [3.05, 3.63) is 35.9 Å². The van der Waals surface area contributed by atoms with Gasteiger partial charge in [0.2, 0.25) is 0 Å². The van der Waals surface area contributed by atoms with Crippen molar-refractivity contribution in [3.8, 4) is 0 Å². The lowest BCUT2D eigenvalue weighted by molar-refractivity contribution is 0.0574. The third-order valence-electron chi connectivity index (χ3n) is 4.96. The molecule has 4 nitrogen and oxygen atoms in total. The minimum absolute atomic E-state index is 0.137. The Kier molecular flexibility index (Phi) is 4.15. The van der Waals surface area contributed by atoms with E-state index >= 15 is 0 Å². The molecule has 1 N–H and O–H groups in total. The number of likely N-dealkylation sites (tertiary alicyclic amines) is 1. The van der Waals surface area contributed by atoms with Gasteiger partial charge in [0.25, 0.3) is 0 Å². The Hall–Kier alpha value is -1.55. The van der Waals surface area contributed by atoms with E-state index in [4.69, 9.17) is 4.74 Å². The molecule has 1 heterocycles. The van der Waals surface area contributed by atoms with Crippen molar-refractivity contribution in [1.29, 1.82) is 0 Å². The van der Waals surface area contributed by atoms with Crippen LogP contribution >= 0.6 is 0 Å². The smallest absolute Gasteiger partial charge is 0.410 e. The normalized spacial score (nSPS) is 24.2. The Balaban J connectivity index is 1.47. The van der Waals surface area contributed by atoms with Crippen molar-refractivity contribution in [2.45, 2.75) is 44.8 Å². The van der Waals surface area contributed by atoms with Gasteiger partial charge in [0.05, 0.1) is 6.10 Å². The van der Waals surface area contributed by atoms with E-state index < -0.39 is 0 Å². The van der Waals surface area contributed by atoms with E-state index in [0.29, 0.717) is 6.61 Å². The predicted octanol–water partition coefficient (Wildman–Crippen LogP) is 2.95. The van der Waals surface area contributed by atoms with Crippen LogP contribution in [0.15, 0.2) is 30.3 Å². The highest BCUT2D eigenvalue weighted by atomic mass is 16.6. The molecule has 2 aliphatic rings. The van der Waals surface area contributed by atoms with Crippen molar-refractivity contribution in [1.82, 2.24) is 4.90 Å². The Morgan fingerprint density at radius 3 is 2.57 bits per heavy atom. The van der Waals surface area contributed by atoms with Crippen molar-refractivity contribution in [2.75, 3.05) is 13.1 Å². The number of amides is 1. The molecule has 0 radical (unpaired) electrons. The molecule has 114 valence electrons. The van der Waals surface area contributed by atoms with Crippen LogP contribution < -0.4 is 0 Å². The molecule has 1 spiro atoms. The summed E-state index contributed by atoms with van der Waals surface area (Å²) in [5.41, 5.74) is 1.29. The lowest BCUT2D eigenvalue weighted by Gasteiger charge is -2.38. The van der Waals surface area contributed by atoms with Gasteiger partial charge in [-0.15, -0.1) is 0 Å². The largest absolute Gasteiger partial charge is 0.445 e. The summed E-state index contributed by atoms with van der Waals surface area (Å²) < 4.78 is 5.38. The number of carbonyl (C=O) groups excluding carboxylic acids is 1. The van der Waals surface area contributed by atoms with Crippen LogP contribution in [0.4, 0.5) is 4.79 Å². The summed E-state index contributed by atoms with van der Waals surface area (Å²) in [7, 11) is 0. The highest BCUT2D eigenvalue weighted by Crippen LogP contribution is 2.46. The molecule has 4 heteroatoms. The molecule has 21 heavy (non-hydrogen) atoms. The lowest BCUT2D eigenvalue weighted by atomic mass is 9.77. The van der Waals surface area contributed by atoms with Gasteiger partial charge < -0.3 is 14.7 Å². The number of hydrogen-bond acceptors (Lipinski definition) is 3. The second kappa shape index (κ2) is 6.06. The monoisotopic (exact) mass is 289 g/mol. The molecule has 1 amide bonds. The minimum atomic E-state index is -0.216. The fourth-order valence-corrected chi connectivity index (χ4v) is 3.61.